The van der Waals surface area contributed by atoms with Gasteiger partial charge in [0.1, 0.15) is 18.0 Å². The average molecular weight is 278 g/mol. The molecule has 0 aromatic carbocycles. The summed E-state index contributed by atoms with van der Waals surface area (Å²) in [5.74, 6) is 6.75. The molecule has 0 spiro atoms. The number of rotatable bonds is 5. The number of carbonyl (C=O) groups excluding carboxylic acids is 1. The number of hydrazine groups is 1. The highest BCUT2D eigenvalue weighted by Gasteiger charge is 2.40. The van der Waals surface area contributed by atoms with Gasteiger partial charge in [0.15, 0.2) is 0 Å². The zero-order valence-electron chi connectivity index (χ0n) is 12.0. The second-order valence-electron chi connectivity index (χ2n) is 5.52. The fourth-order valence-electron chi connectivity index (χ4n) is 2.62. The van der Waals surface area contributed by atoms with Crippen LogP contribution in [0.4, 0.5) is 11.6 Å². The zero-order chi connectivity index (χ0) is 14.8. The van der Waals surface area contributed by atoms with E-state index in [2.05, 4.69) is 27.2 Å². The van der Waals surface area contributed by atoms with Gasteiger partial charge in [-0.1, -0.05) is 13.3 Å². The summed E-state index contributed by atoms with van der Waals surface area (Å²) in [7, 11) is 0. The molecule has 1 amide bonds. The van der Waals surface area contributed by atoms with Gasteiger partial charge in [-0.25, -0.2) is 15.8 Å². The molecule has 1 saturated heterocycles. The molecular weight excluding hydrogens is 256 g/mol. The molecule has 7 heteroatoms. The van der Waals surface area contributed by atoms with Gasteiger partial charge in [-0.05, 0) is 19.8 Å². The number of aromatic nitrogens is 2. The van der Waals surface area contributed by atoms with Crippen molar-refractivity contribution in [1.82, 2.24) is 9.97 Å². The summed E-state index contributed by atoms with van der Waals surface area (Å²) in [5.41, 5.74) is 8.61. The third kappa shape index (κ3) is 2.53. The first-order chi connectivity index (χ1) is 9.51. The SMILES string of the molecule is CCCc1c(NN)ncnc1N1CCC(C)(C(N)=O)C1. The van der Waals surface area contributed by atoms with Crippen molar-refractivity contribution >= 4 is 17.5 Å². The van der Waals surface area contributed by atoms with Gasteiger partial charge in [0, 0.05) is 18.7 Å². The Kier molecular flexibility index (Phi) is 4.08. The minimum Gasteiger partial charge on any atom is -0.369 e. The van der Waals surface area contributed by atoms with E-state index in [9.17, 15) is 4.79 Å². The van der Waals surface area contributed by atoms with Crippen molar-refractivity contribution in [3.05, 3.63) is 11.9 Å². The number of anilines is 2. The molecule has 2 heterocycles. The highest BCUT2D eigenvalue weighted by Crippen LogP contribution is 2.34. The molecule has 1 aromatic rings. The molecule has 0 aliphatic carbocycles. The minimum atomic E-state index is -0.495. The predicted octanol–water partition coefficient (Wildman–Crippen LogP) is 0.416. The molecule has 110 valence electrons. The molecule has 1 fully saturated rings. The number of nitrogen functional groups attached to an aromatic ring is 1. The van der Waals surface area contributed by atoms with Crippen molar-refractivity contribution in [2.24, 2.45) is 17.0 Å². The lowest BCUT2D eigenvalue weighted by Gasteiger charge is -2.24. The zero-order valence-corrected chi connectivity index (χ0v) is 12.0. The van der Waals surface area contributed by atoms with E-state index < -0.39 is 5.41 Å². The normalized spacial score (nSPS) is 22.1. The quantitative estimate of drug-likeness (QED) is 0.531. The van der Waals surface area contributed by atoms with Crippen molar-refractivity contribution in [3.8, 4) is 0 Å². The van der Waals surface area contributed by atoms with Gasteiger partial charge in [-0.15, -0.1) is 0 Å². The molecule has 1 unspecified atom stereocenters. The molecule has 1 atom stereocenters. The van der Waals surface area contributed by atoms with Crippen LogP contribution in [0.2, 0.25) is 0 Å². The number of hydrogen-bond donors (Lipinski definition) is 3. The smallest absolute Gasteiger partial charge is 0.225 e. The number of hydrogen-bond acceptors (Lipinski definition) is 6. The number of nitrogens with zero attached hydrogens (tertiary/aromatic N) is 3. The Hall–Kier alpha value is -1.89. The molecule has 5 N–H and O–H groups in total. The van der Waals surface area contributed by atoms with Crippen molar-refractivity contribution in [1.29, 1.82) is 0 Å². The fourth-order valence-corrected chi connectivity index (χ4v) is 2.62. The first kappa shape index (κ1) is 14.5. The van der Waals surface area contributed by atoms with Crippen molar-refractivity contribution in [2.45, 2.75) is 33.1 Å². The van der Waals surface area contributed by atoms with Gasteiger partial charge in [-0.3, -0.25) is 4.79 Å². The van der Waals surface area contributed by atoms with Crippen LogP contribution in [0.5, 0.6) is 0 Å². The highest BCUT2D eigenvalue weighted by molar-refractivity contribution is 5.82. The molecule has 0 radical (unpaired) electrons. The van der Waals surface area contributed by atoms with Crippen LogP contribution in [-0.2, 0) is 11.2 Å². The highest BCUT2D eigenvalue weighted by atomic mass is 16.1. The van der Waals surface area contributed by atoms with Crippen LogP contribution >= 0.6 is 0 Å². The molecule has 0 bridgehead atoms. The summed E-state index contributed by atoms with van der Waals surface area (Å²) in [6, 6.07) is 0. The maximum atomic E-state index is 11.6. The van der Waals surface area contributed by atoms with E-state index in [4.69, 9.17) is 11.6 Å². The maximum Gasteiger partial charge on any atom is 0.225 e. The molecule has 0 saturated carbocycles. The Morgan fingerprint density at radius 2 is 2.30 bits per heavy atom. The van der Waals surface area contributed by atoms with E-state index in [1.165, 1.54) is 6.33 Å². The van der Waals surface area contributed by atoms with E-state index in [1.807, 2.05) is 6.92 Å². The average Bonchev–Trinajstić information content (AvgIpc) is 2.83. The van der Waals surface area contributed by atoms with Gasteiger partial charge in [0.25, 0.3) is 0 Å². The summed E-state index contributed by atoms with van der Waals surface area (Å²) < 4.78 is 0. The van der Waals surface area contributed by atoms with Crippen LogP contribution in [0.25, 0.3) is 0 Å². The fraction of sp³-hybridized carbons (Fsp3) is 0.615. The van der Waals surface area contributed by atoms with Gasteiger partial charge in [-0.2, -0.15) is 0 Å². The van der Waals surface area contributed by atoms with Crippen LogP contribution in [0.1, 0.15) is 32.3 Å². The first-order valence-electron chi connectivity index (χ1n) is 6.87. The van der Waals surface area contributed by atoms with Crippen LogP contribution in [0, 0.1) is 5.41 Å². The number of carbonyl (C=O) groups is 1. The molecule has 1 aliphatic rings. The number of amides is 1. The van der Waals surface area contributed by atoms with E-state index in [1.54, 1.807) is 0 Å². The second kappa shape index (κ2) is 5.62. The third-order valence-electron chi connectivity index (χ3n) is 3.93. The molecule has 1 aliphatic heterocycles. The van der Waals surface area contributed by atoms with Gasteiger partial charge >= 0.3 is 0 Å². The van der Waals surface area contributed by atoms with Crippen LogP contribution in [-0.4, -0.2) is 29.0 Å². The topological polar surface area (TPSA) is 110 Å². The van der Waals surface area contributed by atoms with E-state index in [-0.39, 0.29) is 5.91 Å². The lowest BCUT2D eigenvalue weighted by Crippen LogP contribution is -2.37. The molecule has 7 nitrogen and oxygen atoms in total. The van der Waals surface area contributed by atoms with Gasteiger partial charge < -0.3 is 16.1 Å². The lowest BCUT2D eigenvalue weighted by molar-refractivity contribution is -0.125. The number of nitrogens with one attached hydrogen (secondary N) is 1. The van der Waals surface area contributed by atoms with E-state index in [0.717, 1.165) is 37.2 Å². The Labute approximate surface area is 118 Å². The Morgan fingerprint density at radius 1 is 1.55 bits per heavy atom. The van der Waals surface area contributed by atoms with E-state index in [0.29, 0.717) is 12.4 Å². The summed E-state index contributed by atoms with van der Waals surface area (Å²) >= 11 is 0. The first-order valence-corrected chi connectivity index (χ1v) is 6.87. The van der Waals surface area contributed by atoms with Crippen LogP contribution in [0.15, 0.2) is 6.33 Å². The number of nitrogens with two attached hydrogens (primary N) is 2. The molecule has 2 rings (SSSR count). The summed E-state index contributed by atoms with van der Waals surface area (Å²) in [6.45, 7) is 5.34. The Balaban J connectivity index is 2.32. The van der Waals surface area contributed by atoms with Crippen molar-refractivity contribution < 1.29 is 4.79 Å². The maximum absolute atomic E-state index is 11.6. The second-order valence-corrected chi connectivity index (χ2v) is 5.52. The summed E-state index contributed by atoms with van der Waals surface area (Å²) in [4.78, 5) is 22.2. The largest absolute Gasteiger partial charge is 0.369 e. The molecule has 1 aromatic heterocycles. The monoisotopic (exact) mass is 278 g/mol. The summed E-state index contributed by atoms with van der Waals surface area (Å²) in [6.07, 6.45) is 4.03. The van der Waals surface area contributed by atoms with Crippen LogP contribution in [0.3, 0.4) is 0 Å². The van der Waals surface area contributed by atoms with Crippen molar-refractivity contribution in [3.63, 3.8) is 0 Å². The van der Waals surface area contributed by atoms with Gasteiger partial charge in [0.05, 0.1) is 5.41 Å². The van der Waals surface area contributed by atoms with E-state index >= 15 is 0 Å². The Bertz CT molecular complexity index is 506. The number of primary amides is 1. The minimum absolute atomic E-state index is 0.261. The molecular formula is C13H22N6O. The lowest BCUT2D eigenvalue weighted by atomic mass is 9.89. The third-order valence-corrected chi connectivity index (χ3v) is 3.93. The van der Waals surface area contributed by atoms with Gasteiger partial charge in [0.2, 0.25) is 5.91 Å². The van der Waals surface area contributed by atoms with Crippen LogP contribution < -0.4 is 21.9 Å². The molecule has 20 heavy (non-hydrogen) atoms. The standard InChI is InChI=1S/C13H22N6O/c1-3-4-9-10(18-15)16-8-17-11(9)19-6-5-13(2,7-19)12(14)20/h8H,3-7,15H2,1-2H3,(H2,14,20)(H,16,17,18). The summed E-state index contributed by atoms with van der Waals surface area (Å²) in [5, 5.41) is 0. The Morgan fingerprint density at radius 3 is 2.85 bits per heavy atom. The predicted molar refractivity (Wildman–Crippen MR) is 78.0 cm³/mol. The van der Waals surface area contributed by atoms with Crippen molar-refractivity contribution in [2.75, 3.05) is 23.4 Å².